The van der Waals surface area contributed by atoms with Crippen molar-refractivity contribution in [2.24, 2.45) is 0 Å². The predicted octanol–water partition coefficient (Wildman–Crippen LogP) is 3.86. The second-order valence-electron chi connectivity index (χ2n) is 5.70. The fourth-order valence-electron chi connectivity index (χ4n) is 2.16. The van der Waals surface area contributed by atoms with E-state index >= 15 is 0 Å². The van der Waals surface area contributed by atoms with Crippen molar-refractivity contribution in [3.8, 4) is 0 Å². The van der Waals surface area contributed by atoms with Crippen LogP contribution in [0.5, 0.6) is 0 Å². The quantitative estimate of drug-likeness (QED) is 0.828. The first-order valence-corrected chi connectivity index (χ1v) is 7.87. The third-order valence-electron chi connectivity index (χ3n) is 3.49. The number of rotatable bonds is 5. The molecule has 0 radical (unpaired) electrons. The number of halogens is 1. The number of anilines is 1. The summed E-state index contributed by atoms with van der Waals surface area (Å²) >= 11 is 6.00. The van der Waals surface area contributed by atoms with E-state index in [1.807, 2.05) is 13.8 Å². The van der Waals surface area contributed by atoms with Gasteiger partial charge in [0.1, 0.15) is 5.56 Å². The molecule has 24 heavy (non-hydrogen) atoms. The van der Waals surface area contributed by atoms with Crippen molar-refractivity contribution in [2.45, 2.75) is 33.6 Å². The van der Waals surface area contributed by atoms with Crippen LogP contribution in [0.15, 0.2) is 22.7 Å². The summed E-state index contributed by atoms with van der Waals surface area (Å²) in [6.45, 7) is 6.80. The monoisotopic (exact) mass is 350 g/mol. The molecule has 128 valence electrons. The van der Waals surface area contributed by atoms with E-state index in [1.54, 1.807) is 32.0 Å². The number of hydrogen-bond donors (Lipinski definition) is 1. The molecule has 6 nitrogen and oxygen atoms in total. The molecule has 2 aromatic rings. The van der Waals surface area contributed by atoms with Gasteiger partial charge in [0, 0.05) is 16.6 Å². The lowest BCUT2D eigenvalue weighted by Gasteiger charge is -2.10. The lowest BCUT2D eigenvalue weighted by Crippen LogP contribution is -2.22. The normalized spacial score (nSPS) is 10.8. The van der Waals surface area contributed by atoms with Gasteiger partial charge in [0.2, 0.25) is 0 Å². The van der Waals surface area contributed by atoms with Crippen LogP contribution in [0, 0.1) is 13.8 Å². The molecule has 7 heteroatoms. The lowest BCUT2D eigenvalue weighted by molar-refractivity contribution is -0.119. The number of carbonyl (C=O) groups excluding carboxylic acids is 2. The van der Waals surface area contributed by atoms with E-state index in [-0.39, 0.29) is 11.5 Å². The minimum absolute atomic E-state index is 0.0170. The highest BCUT2D eigenvalue weighted by atomic mass is 35.5. The molecule has 2 rings (SSSR count). The van der Waals surface area contributed by atoms with Gasteiger partial charge in [0.15, 0.2) is 12.4 Å². The molecule has 0 aliphatic rings. The number of hydrogen-bond acceptors (Lipinski definition) is 5. The topological polar surface area (TPSA) is 81.4 Å². The van der Waals surface area contributed by atoms with Crippen molar-refractivity contribution in [1.82, 2.24) is 5.16 Å². The number of benzene rings is 1. The van der Waals surface area contributed by atoms with Crippen LogP contribution in [0.3, 0.4) is 0 Å². The first-order chi connectivity index (χ1) is 11.3. The molecule has 0 aliphatic carbocycles. The Hall–Kier alpha value is -2.34. The Bertz CT molecular complexity index is 768. The van der Waals surface area contributed by atoms with E-state index < -0.39 is 18.5 Å². The molecule has 0 unspecified atom stereocenters. The third-order valence-corrected chi connectivity index (χ3v) is 3.90. The molecule has 0 spiro atoms. The number of aromatic nitrogens is 1. The second-order valence-corrected chi connectivity index (χ2v) is 6.11. The largest absolute Gasteiger partial charge is 0.452 e. The Morgan fingerprint density at radius 3 is 2.71 bits per heavy atom. The molecule has 1 aromatic heterocycles. The molecule has 1 N–H and O–H groups in total. The van der Waals surface area contributed by atoms with E-state index in [2.05, 4.69) is 10.5 Å². The minimum Gasteiger partial charge on any atom is -0.452 e. The molecule has 0 saturated carbocycles. The van der Waals surface area contributed by atoms with Crippen molar-refractivity contribution in [2.75, 3.05) is 11.9 Å². The van der Waals surface area contributed by atoms with Gasteiger partial charge in [-0.25, -0.2) is 4.79 Å². The second kappa shape index (κ2) is 7.49. The van der Waals surface area contributed by atoms with Gasteiger partial charge in [0.25, 0.3) is 5.91 Å². The summed E-state index contributed by atoms with van der Waals surface area (Å²) in [6, 6.07) is 5.18. The van der Waals surface area contributed by atoms with Crippen molar-refractivity contribution >= 4 is 29.2 Å². The Morgan fingerprint density at radius 1 is 1.33 bits per heavy atom. The number of amides is 1. The number of nitrogens with zero attached hydrogens (tertiary/aromatic N) is 1. The summed E-state index contributed by atoms with van der Waals surface area (Å²) in [7, 11) is 0. The summed E-state index contributed by atoms with van der Waals surface area (Å²) in [5.74, 6) is -0.649. The molecule has 0 bridgehead atoms. The molecule has 1 heterocycles. The van der Waals surface area contributed by atoms with Crippen molar-refractivity contribution in [3.05, 3.63) is 45.8 Å². The maximum atomic E-state index is 12.2. The van der Waals surface area contributed by atoms with Gasteiger partial charge in [-0.1, -0.05) is 36.7 Å². The average Bonchev–Trinajstić information content (AvgIpc) is 2.91. The van der Waals surface area contributed by atoms with Gasteiger partial charge in [-0.05, 0) is 31.5 Å². The van der Waals surface area contributed by atoms with Crippen LogP contribution in [0.4, 0.5) is 5.69 Å². The molecule has 1 aromatic carbocycles. The van der Waals surface area contributed by atoms with E-state index in [1.165, 1.54) is 0 Å². The van der Waals surface area contributed by atoms with Crippen LogP contribution in [0.1, 0.15) is 47.1 Å². The average molecular weight is 351 g/mol. The van der Waals surface area contributed by atoms with Gasteiger partial charge in [-0.3, -0.25) is 4.79 Å². The molecular formula is C17H19ClN2O4. The van der Waals surface area contributed by atoms with E-state index in [0.29, 0.717) is 22.2 Å². The third kappa shape index (κ3) is 3.94. The predicted molar refractivity (Wildman–Crippen MR) is 90.4 cm³/mol. The van der Waals surface area contributed by atoms with Crippen LogP contribution in [-0.2, 0) is 9.53 Å². The molecule has 0 fully saturated rings. The number of nitrogens with one attached hydrogen (secondary N) is 1. The van der Waals surface area contributed by atoms with Gasteiger partial charge in [-0.2, -0.15) is 0 Å². The zero-order valence-corrected chi connectivity index (χ0v) is 14.7. The zero-order valence-electron chi connectivity index (χ0n) is 14.0. The number of esters is 1. The summed E-state index contributed by atoms with van der Waals surface area (Å²) in [6.07, 6.45) is 0. The van der Waals surface area contributed by atoms with Crippen LogP contribution in [-0.4, -0.2) is 23.6 Å². The number of ether oxygens (including phenoxy) is 1. The van der Waals surface area contributed by atoms with Gasteiger partial charge >= 0.3 is 5.97 Å². The van der Waals surface area contributed by atoms with Gasteiger partial charge < -0.3 is 14.6 Å². The highest BCUT2D eigenvalue weighted by Crippen LogP contribution is 2.24. The van der Waals surface area contributed by atoms with Crippen LogP contribution in [0.2, 0.25) is 5.02 Å². The van der Waals surface area contributed by atoms with E-state index in [4.69, 9.17) is 20.9 Å². The van der Waals surface area contributed by atoms with Crippen molar-refractivity contribution < 1.29 is 18.8 Å². The van der Waals surface area contributed by atoms with Crippen LogP contribution < -0.4 is 5.32 Å². The SMILES string of the molecule is Cc1noc(C(C)C)c1C(=O)OCC(=O)Nc1cccc(Cl)c1C. The number of carbonyl (C=O) groups is 2. The summed E-state index contributed by atoms with van der Waals surface area (Å²) in [5, 5.41) is 7.00. The fraction of sp³-hybridized carbons (Fsp3) is 0.353. The number of aryl methyl sites for hydroxylation is 1. The first kappa shape index (κ1) is 18.0. The fourth-order valence-corrected chi connectivity index (χ4v) is 2.34. The molecule has 0 saturated heterocycles. The van der Waals surface area contributed by atoms with E-state index in [9.17, 15) is 9.59 Å². The Labute approximate surface area is 145 Å². The summed E-state index contributed by atoms with van der Waals surface area (Å²) < 4.78 is 10.2. The van der Waals surface area contributed by atoms with Crippen LogP contribution >= 0.6 is 11.6 Å². The maximum Gasteiger partial charge on any atom is 0.344 e. The standard InChI is InChI=1S/C17H19ClN2O4/c1-9(2)16-15(11(4)20-24-16)17(22)23-8-14(21)19-13-7-5-6-12(18)10(13)3/h5-7,9H,8H2,1-4H3,(H,19,21). The lowest BCUT2D eigenvalue weighted by atomic mass is 10.1. The smallest absolute Gasteiger partial charge is 0.344 e. The molecular weight excluding hydrogens is 332 g/mol. The van der Waals surface area contributed by atoms with Crippen LogP contribution in [0.25, 0.3) is 0 Å². The first-order valence-electron chi connectivity index (χ1n) is 7.49. The Morgan fingerprint density at radius 2 is 2.04 bits per heavy atom. The minimum atomic E-state index is -0.629. The summed E-state index contributed by atoms with van der Waals surface area (Å²) in [5.41, 5.74) is 2.04. The van der Waals surface area contributed by atoms with Gasteiger partial charge in [-0.15, -0.1) is 0 Å². The summed E-state index contributed by atoms with van der Waals surface area (Å²) in [4.78, 5) is 24.2. The van der Waals surface area contributed by atoms with Crippen molar-refractivity contribution in [1.29, 1.82) is 0 Å². The zero-order chi connectivity index (χ0) is 17.9. The van der Waals surface area contributed by atoms with Crippen molar-refractivity contribution in [3.63, 3.8) is 0 Å². The highest BCUT2D eigenvalue weighted by molar-refractivity contribution is 6.31. The molecule has 0 atom stereocenters. The Balaban J connectivity index is 2.01. The Kier molecular flexibility index (Phi) is 5.62. The molecule has 1 amide bonds. The van der Waals surface area contributed by atoms with Gasteiger partial charge in [0.05, 0.1) is 5.69 Å². The molecule has 0 aliphatic heterocycles. The van der Waals surface area contributed by atoms with E-state index in [0.717, 1.165) is 5.56 Å². The maximum absolute atomic E-state index is 12.2. The highest BCUT2D eigenvalue weighted by Gasteiger charge is 2.24.